The van der Waals surface area contributed by atoms with Crippen LogP contribution in [0.2, 0.25) is 5.02 Å². The molecule has 5 heteroatoms. The molecule has 1 rings (SSSR count). The standard InChI is InChI=1S/C7H3BrClIO2/c8-3-1-4(7(11)12)6(9)5(10)2-3/h1-2H,(H,11,12). The van der Waals surface area contributed by atoms with E-state index in [1.165, 1.54) is 6.07 Å². The van der Waals surface area contributed by atoms with Crippen LogP contribution in [0.25, 0.3) is 0 Å². The minimum atomic E-state index is -1.01. The molecule has 0 amide bonds. The molecule has 1 aromatic rings. The van der Waals surface area contributed by atoms with Gasteiger partial charge in [0.15, 0.2) is 0 Å². The van der Waals surface area contributed by atoms with E-state index in [0.29, 0.717) is 4.47 Å². The summed E-state index contributed by atoms with van der Waals surface area (Å²) in [6, 6.07) is 3.24. The van der Waals surface area contributed by atoms with Crippen molar-refractivity contribution in [3.05, 3.63) is 30.8 Å². The maximum atomic E-state index is 10.6. The molecule has 2 nitrogen and oxygen atoms in total. The number of hydrogen-bond donors (Lipinski definition) is 1. The SMILES string of the molecule is O=C(O)c1cc(Br)cc(I)c1Cl. The quantitative estimate of drug-likeness (QED) is 0.615. The van der Waals surface area contributed by atoms with E-state index >= 15 is 0 Å². The van der Waals surface area contributed by atoms with Crippen LogP contribution in [0, 0.1) is 3.57 Å². The molecular formula is C7H3BrClIO2. The summed E-state index contributed by atoms with van der Waals surface area (Å²) in [7, 11) is 0. The Bertz CT molecular complexity index is 340. The zero-order valence-electron chi connectivity index (χ0n) is 5.64. The number of halogens is 3. The lowest BCUT2D eigenvalue weighted by atomic mass is 10.2. The third-order valence-electron chi connectivity index (χ3n) is 1.22. The van der Waals surface area contributed by atoms with Crippen molar-refractivity contribution in [3.63, 3.8) is 0 Å². The van der Waals surface area contributed by atoms with Crippen LogP contribution in [0.15, 0.2) is 16.6 Å². The van der Waals surface area contributed by atoms with E-state index in [1.807, 2.05) is 22.6 Å². The summed E-state index contributed by atoms with van der Waals surface area (Å²) in [5.74, 6) is -1.01. The van der Waals surface area contributed by atoms with Crippen LogP contribution in [0.3, 0.4) is 0 Å². The first kappa shape index (κ1) is 10.3. The molecule has 0 saturated heterocycles. The number of carboxylic acid groups (broad SMARTS) is 1. The van der Waals surface area contributed by atoms with Crippen LogP contribution < -0.4 is 0 Å². The Hall–Kier alpha value is 0.190. The summed E-state index contributed by atoms with van der Waals surface area (Å²) in [4.78, 5) is 10.6. The normalized spacial score (nSPS) is 9.92. The van der Waals surface area contributed by atoms with Crippen molar-refractivity contribution in [2.75, 3.05) is 0 Å². The molecule has 0 radical (unpaired) electrons. The number of hydrogen-bond acceptors (Lipinski definition) is 1. The second-order valence-electron chi connectivity index (χ2n) is 2.05. The van der Waals surface area contributed by atoms with Gasteiger partial charge >= 0.3 is 5.97 Å². The van der Waals surface area contributed by atoms with Gasteiger partial charge in [-0.25, -0.2) is 4.79 Å². The lowest BCUT2D eigenvalue weighted by Gasteiger charge is -2.01. The van der Waals surface area contributed by atoms with Crippen LogP contribution in [-0.4, -0.2) is 11.1 Å². The Labute approximate surface area is 96.2 Å². The highest BCUT2D eigenvalue weighted by atomic mass is 127. The van der Waals surface area contributed by atoms with Crippen LogP contribution >= 0.6 is 50.1 Å². The van der Waals surface area contributed by atoms with E-state index in [4.69, 9.17) is 16.7 Å². The van der Waals surface area contributed by atoms with Crippen LogP contribution in [0.5, 0.6) is 0 Å². The van der Waals surface area contributed by atoms with Crippen LogP contribution in [0.4, 0.5) is 0 Å². The number of carbonyl (C=O) groups is 1. The maximum absolute atomic E-state index is 10.6. The Morgan fingerprint density at radius 2 is 2.17 bits per heavy atom. The van der Waals surface area contributed by atoms with E-state index in [-0.39, 0.29) is 10.6 Å². The molecule has 0 heterocycles. The second kappa shape index (κ2) is 3.93. The van der Waals surface area contributed by atoms with Crippen molar-refractivity contribution in [3.8, 4) is 0 Å². The zero-order chi connectivity index (χ0) is 9.30. The van der Waals surface area contributed by atoms with Gasteiger partial charge in [0.2, 0.25) is 0 Å². The van der Waals surface area contributed by atoms with Gasteiger partial charge in [0.25, 0.3) is 0 Å². The molecule has 0 saturated carbocycles. The third-order valence-corrected chi connectivity index (χ3v) is 3.26. The highest BCUT2D eigenvalue weighted by molar-refractivity contribution is 14.1. The summed E-state index contributed by atoms with van der Waals surface area (Å²) in [6.45, 7) is 0. The molecule has 0 aliphatic carbocycles. The zero-order valence-corrected chi connectivity index (χ0v) is 10.1. The Morgan fingerprint density at radius 3 is 2.67 bits per heavy atom. The first-order valence-electron chi connectivity index (χ1n) is 2.90. The summed E-state index contributed by atoms with van der Waals surface area (Å²) < 4.78 is 1.44. The number of benzene rings is 1. The summed E-state index contributed by atoms with van der Waals surface area (Å²) >= 11 is 10.9. The molecule has 0 bridgehead atoms. The molecular weight excluding hydrogens is 358 g/mol. The van der Waals surface area contributed by atoms with E-state index in [2.05, 4.69) is 15.9 Å². The molecule has 12 heavy (non-hydrogen) atoms. The molecule has 1 N–H and O–H groups in total. The molecule has 0 spiro atoms. The van der Waals surface area contributed by atoms with Crippen molar-refractivity contribution in [2.24, 2.45) is 0 Å². The first-order valence-corrected chi connectivity index (χ1v) is 5.15. The molecule has 0 atom stereocenters. The van der Waals surface area contributed by atoms with E-state index in [1.54, 1.807) is 6.07 Å². The van der Waals surface area contributed by atoms with Gasteiger partial charge in [0, 0.05) is 8.04 Å². The van der Waals surface area contributed by atoms with Gasteiger partial charge in [-0.1, -0.05) is 27.5 Å². The van der Waals surface area contributed by atoms with Crippen molar-refractivity contribution >= 4 is 56.1 Å². The van der Waals surface area contributed by atoms with E-state index in [0.717, 1.165) is 3.57 Å². The van der Waals surface area contributed by atoms with E-state index in [9.17, 15) is 4.79 Å². The molecule has 1 aromatic carbocycles. The van der Waals surface area contributed by atoms with Gasteiger partial charge in [-0.05, 0) is 34.7 Å². The monoisotopic (exact) mass is 360 g/mol. The van der Waals surface area contributed by atoms with Gasteiger partial charge in [-0.3, -0.25) is 0 Å². The molecule has 0 unspecified atom stereocenters. The highest BCUT2D eigenvalue weighted by Gasteiger charge is 2.11. The molecule has 0 aromatic heterocycles. The van der Waals surface area contributed by atoms with Crippen molar-refractivity contribution in [2.45, 2.75) is 0 Å². The number of rotatable bonds is 1. The lowest BCUT2D eigenvalue weighted by Crippen LogP contribution is -1.98. The van der Waals surface area contributed by atoms with Gasteiger partial charge in [0.1, 0.15) is 0 Å². The highest BCUT2D eigenvalue weighted by Crippen LogP contribution is 2.27. The fourth-order valence-corrected chi connectivity index (χ4v) is 2.41. The summed E-state index contributed by atoms with van der Waals surface area (Å²) in [5, 5.41) is 8.99. The summed E-state index contributed by atoms with van der Waals surface area (Å²) in [6.07, 6.45) is 0. The number of carboxylic acids is 1. The van der Waals surface area contributed by atoms with Crippen molar-refractivity contribution in [1.29, 1.82) is 0 Å². The van der Waals surface area contributed by atoms with Crippen molar-refractivity contribution < 1.29 is 9.90 Å². The predicted molar refractivity (Wildman–Crippen MR) is 58.8 cm³/mol. The molecule has 0 aliphatic heterocycles. The molecule has 0 aliphatic rings. The fraction of sp³-hybridized carbons (Fsp3) is 0. The number of aromatic carboxylic acids is 1. The maximum Gasteiger partial charge on any atom is 0.337 e. The lowest BCUT2D eigenvalue weighted by molar-refractivity contribution is 0.0697. The summed E-state index contributed by atoms with van der Waals surface area (Å²) in [5.41, 5.74) is 0.121. The van der Waals surface area contributed by atoms with Gasteiger partial charge in [-0.15, -0.1) is 0 Å². The average molecular weight is 361 g/mol. The second-order valence-corrected chi connectivity index (χ2v) is 4.51. The largest absolute Gasteiger partial charge is 0.478 e. The van der Waals surface area contributed by atoms with Gasteiger partial charge in [0.05, 0.1) is 10.6 Å². The molecule has 0 fully saturated rings. The first-order chi connectivity index (χ1) is 5.52. The third kappa shape index (κ3) is 2.11. The van der Waals surface area contributed by atoms with E-state index < -0.39 is 5.97 Å². The predicted octanol–water partition coefficient (Wildman–Crippen LogP) is 3.41. The topological polar surface area (TPSA) is 37.3 Å². The Kier molecular flexibility index (Phi) is 3.37. The van der Waals surface area contributed by atoms with Crippen LogP contribution in [0.1, 0.15) is 10.4 Å². The average Bonchev–Trinajstić information content (AvgIpc) is 1.96. The fourth-order valence-electron chi connectivity index (χ4n) is 0.712. The van der Waals surface area contributed by atoms with Crippen LogP contribution in [-0.2, 0) is 0 Å². The van der Waals surface area contributed by atoms with Gasteiger partial charge in [-0.2, -0.15) is 0 Å². The minimum absolute atomic E-state index is 0.121. The minimum Gasteiger partial charge on any atom is -0.478 e. The van der Waals surface area contributed by atoms with Crippen molar-refractivity contribution in [1.82, 2.24) is 0 Å². The Balaban J connectivity index is 3.37. The van der Waals surface area contributed by atoms with Gasteiger partial charge < -0.3 is 5.11 Å². The molecule has 64 valence electrons. The Morgan fingerprint density at radius 1 is 1.58 bits per heavy atom. The smallest absolute Gasteiger partial charge is 0.337 e.